The Balaban J connectivity index is 2.01. The maximum Gasteiger partial charge on any atom is 0.417 e. The summed E-state index contributed by atoms with van der Waals surface area (Å²) in [4.78, 5) is 47.5. The highest BCUT2D eigenvalue weighted by Gasteiger charge is 2.34. The van der Waals surface area contributed by atoms with Crippen LogP contribution in [0.25, 0.3) is 16.7 Å². The van der Waals surface area contributed by atoms with Crippen molar-refractivity contribution in [3.05, 3.63) is 67.8 Å². The molecule has 0 fully saturated rings. The molecule has 3 aromatic rings. The molecule has 0 spiro atoms. The van der Waals surface area contributed by atoms with E-state index in [0.29, 0.717) is 6.07 Å². The van der Waals surface area contributed by atoms with Crippen molar-refractivity contribution in [2.45, 2.75) is 6.18 Å². The van der Waals surface area contributed by atoms with Gasteiger partial charge in [0, 0.05) is 23.6 Å². The number of alkyl halides is 3. The molecule has 0 radical (unpaired) electrons. The predicted octanol–water partition coefficient (Wildman–Crippen LogP) is 1.43. The van der Waals surface area contributed by atoms with Crippen LogP contribution in [0.15, 0.2) is 44.3 Å². The highest BCUT2D eigenvalue weighted by Crippen LogP contribution is 2.34. The lowest BCUT2D eigenvalue weighted by Gasteiger charge is -2.13. The Kier molecular flexibility index (Phi) is 3.47. The monoisotopic (exact) mass is 391 g/mol. The van der Waals surface area contributed by atoms with Crippen LogP contribution in [0.1, 0.15) is 26.3 Å². The van der Waals surface area contributed by atoms with Crippen LogP contribution in [0.4, 0.5) is 19.0 Å². The number of nitrogen functional groups attached to an aromatic ring is 1. The molecule has 2 amide bonds. The molecule has 8 nitrogen and oxygen atoms in total. The third-order valence-electron chi connectivity index (χ3n) is 4.25. The number of imide groups is 1. The average Bonchev–Trinajstić information content (AvgIpc) is 2.87. The van der Waals surface area contributed by atoms with Crippen molar-refractivity contribution >= 4 is 28.6 Å². The van der Waals surface area contributed by atoms with Gasteiger partial charge in [-0.3, -0.25) is 24.3 Å². The Morgan fingerprint density at radius 2 is 1.71 bits per heavy atom. The van der Waals surface area contributed by atoms with Crippen LogP contribution in [0.3, 0.4) is 0 Å². The smallest absolute Gasteiger partial charge is 0.417 e. The molecule has 4 rings (SSSR count). The largest absolute Gasteiger partial charge is 0.423 e. The number of rotatable bonds is 1. The number of amides is 2. The van der Waals surface area contributed by atoms with Crippen molar-refractivity contribution in [3.8, 4) is 5.69 Å². The van der Waals surface area contributed by atoms with Crippen molar-refractivity contribution in [1.29, 1.82) is 0 Å². The number of nitrogens with two attached hydrogens (primary N) is 1. The van der Waals surface area contributed by atoms with E-state index in [1.165, 1.54) is 0 Å². The Morgan fingerprint density at radius 3 is 2.39 bits per heavy atom. The molecule has 3 heterocycles. The summed E-state index contributed by atoms with van der Waals surface area (Å²) in [5.74, 6) is -1.97. The SMILES string of the molecule is Nc1c2c(cc(=O)n1-c1ccc3c(C(F)(F)F)cc(=O)oc3c1)C(=O)NC2=O. The number of fused-ring (bicyclic) bond motifs is 2. The highest BCUT2D eigenvalue weighted by atomic mass is 19.4. The lowest BCUT2D eigenvalue weighted by molar-refractivity contribution is -0.136. The summed E-state index contributed by atoms with van der Waals surface area (Å²) in [6.45, 7) is 0. The molecule has 142 valence electrons. The topological polar surface area (TPSA) is 124 Å². The third-order valence-corrected chi connectivity index (χ3v) is 4.25. The molecule has 11 heteroatoms. The number of hydrogen-bond donors (Lipinski definition) is 2. The quantitative estimate of drug-likeness (QED) is 0.478. The number of carbonyl (C=O) groups is 2. The summed E-state index contributed by atoms with van der Waals surface area (Å²) in [5, 5.41) is 1.60. The molecule has 0 bridgehead atoms. The first-order valence-corrected chi connectivity index (χ1v) is 7.64. The van der Waals surface area contributed by atoms with Crippen LogP contribution in [0, 0.1) is 0 Å². The number of carbonyl (C=O) groups excluding carboxylic acids is 2. The summed E-state index contributed by atoms with van der Waals surface area (Å²) in [6, 6.07) is 4.40. The molecule has 1 aromatic carbocycles. The van der Waals surface area contributed by atoms with Crippen molar-refractivity contribution in [2.24, 2.45) is 0 Å². The van der Waals surface area contributed by atoms with E-state index in [4.69, 9.17) is 10.2 Å². The maximum absolute atomic E-state index is 13.1. The molecule has 28 heavy (non-hydrogen) atoms. The summed E-state index contributed by atoms with van der Waals surface area (Å²) in [7, 11) is 0. The summed E-state index contributed by atoms with van der Waals surface area (Å²) >= 11 is 0. The van der Waals surface area contributed by atoms with Gasteiger partial charge in [-0.1, -0.05) is 0 Å². The van der Waals surface area contributed by atoms with Gasteiger partial charge in [0.15, 0.2) is 0 Å². The molecule has 1 aliphatic heterocycles. The summed E-state index contributed by atoms with van der Waals surface area (Å²) < 4.78 is 45.1. The molecular formula is C17H8F3N3O5. The first-order valence-electron chi connectivity index (χ1n) is 7.64. The number of halogens is 3. The van der Waals surface area contributed by atoms with Gasteiger partial charge in [0.05, 0.1) is 22.4 Å². The van der Waals surface area contributed by atoms with Crippen LogP contribution < -0.4 is 22.2 Å². The molecule has 0 saturated heterocycles. The van der Waals surface area contributed by atoms with Crippen molar-refractivity contribution in [2.75, 3.05) is 5.73 Å². The van der Waals surface area contributed by atoms with Gasteiger partial charge in [0.2, 0.25) is 0 Å². The van der Waals surface area contributed by atoms with Crippen LogP contribution in [-0.4, -0.2) is 16.4 Å². The van der Waals surface area contributed by atoms with E-state index < -0.39 is 45.7 Å². The second-order valence-corrected chi connectivity index (χ2v) is 5.93. The van der Waals surface area contributed by atoms with E-state index in [2.05, 4.69) is 0 Å². The first-order chi connectivity index (χ1) is 13.1. The van der Waals surface area contributed by atoms with Crippen LogP contribution in [0.2, 0.25) is 0 Å². The van der Waals surface area contributed by atoms with Gasteiger partial charge in [0.25, 0.3) is 17.4 Å². The average molecular weight is 391 g/mol. The molecule has 0 aliphatic carbocycles. The summed E-state index contributed by atoms with van der Waals surface area (Å²) in [6.07, 6.45) is -4.79. The minimum Gasteiger partial charge on any atom is -0.423 e. The van der Waals surface area contributed by atoms with Crippen molar-refractivity contribution in [1.82, 2.24) is 9.88 Å². The molecule has 0 atom stereocenters. The van der Waals surface area contributed by atoms with Gasteiger partial charge in [-0.25, -0.2) is 4.79 Å². The summed E-state index contributed by atoms with van der Waals surface area (Å²) in [5.41, 5.74) is 1.76. The Morgan fingerprint density at radius 1 is 1.00 bits per heavy atom. The van der Waals surface area contributed by atoms with E-state index in [9.17, 15) is 32.3 Å². The van der Waals surface area contributed by atoms with E-state index >= 15 is 0 Å². The van der Waals surface area contributed by atoms with E-state index in [-0.39, 0.29) is 22.6 Å². The number of aromatic nitrogens is 1. The van der Waals surface area contributed by atoms with Gasteiger partial charge in [-0.2, -0.15) is 13.2 Å². The highest BCUT2D eigenvalue weighted by molar-refractivity contribution is 6.23. The third kappa shape index (κ3) is 2.47. The van der Waals surface area contributed by atoms with Crippen LogP contribution >= 0.6 is 0 Å². The van der Waals surface area contributed by atoms with E-state index in [1.54, 1.807) is 0 Å². The lowest BCUT2D eigenvalue weighted by Crippen LogP contribution is -2.24. The number of nitrogens with one attached hydrogen (secondary N) is 1. The zero-order chi connectivity index (χ0) is 20.4. The predicted molar refractivity (Wildman–Crippen MR) is 89.3 cm³/mol. The minimum atomic E-state index is -4.79. The fraction of sp³-hybridized carbons (Fsp3) is 0.0588. The zero-order valence-corrected chi connectivity index (χ0v) is 13.6. The fourth-order valence-electron chi connectivity index (χ4n) is 3.07. The second-order valence-electron chi connectivity index (χ2n) is 5.93. The Bertz CT molecular complexity index is 1320. The second kappa shape index (κ2) is 5.55. The molecule has 0 unspecified atom stereocenters. The lowest BCUT2D eigenvalue weighted by atomic mass is 10.1. The number of benzene rings is 1. The molecule has 2 aromatic heterocycles. The van der Waals surface area contributed by atoms with Crippen LogP contribution in [0.5, 0.6) is 0 Å². The molecular weight excluding hydrogens is 383 g/mol. The van der Waals surface area contributed by atoms with Gasteiger partial charge >= 0.3 is 11.8 Å². The Labute approximate surface area is 152 Å². The molecule has 1 aliphatic rings. The van der Waals surface area contributed by atoms with Crippen molar-refractivity contribution < 1.29 is 27.2 Å². The van der Waals surface area contributed by atoms with Gasteiger partial charge in [-0.05, 0) is 12.1 Å². The standard InChI is InChI=1S/C17H8F3N3O5/c18-17(19,20)9-5-12(25)28-10-3-6(1-2-7(9)10)23-11(24)4-8-13(14(23)21)16(27)22-15(8)26/h1-5H,21H2,(H,22,26,27). The zero-order valence-electron chi connectivity index (χ0n) is 13.6. The van der Waals surface area contributed by atoms with E-state index in [0.717, 1.165) is 28.8 Å². The van der Waals surface area contributed by atoms with Crippen molar-refractivity contribution in [3.63, 3.8) is 0 Å². The van der Waals surface area contributed by atoms with Gasteiger partial charge < -0.3 is 10.2 Å². The number of pyridine rings is 1. The molecule has 3 N–H and O–H groups in total. The van der Waals surface area contributed by atoms with Gasteiger partial charge in [-0.15, -0.1) is 0 Å². The minimum absolute atomic E-state index is 0.0487. The first kappa shape index (κ1) is 17.5. The number of anilines is 1. The number of nitrogens with zero attached hydrogens (tertiary/aromatic N) is 1. The Hall–Kier alpha value is -3.89. The fourth-order valence-corrected chi connectivity index (χ4v) is 3.07. The maximum atomic E-state index is 13.1. The number of hydrogen-bond acceptors (Lipinski definition) is 6. The van der Waals surface area contributed by atoms with Gasteiger partial charge in [0.1, 0.15) is 11.4 Å². The molecule has 0 saturated carbocycles. The van der Waals surface area contributed by atoms with Crippen LogP contribution in [-0.2, 0) is 6.18 Å². The normalized spacial score (nSPS) is 13.7. The van der Waals surface area contributed by atoms with E-state index in [1.807, 2.05) is 5.32 Å².